The molecule has 0 amide bonds. The average Bonchev–Trinajstić information content (AvgIpc) is 4.31. The highest BCUT2D eigenvalue weighted by molar-refractivity contribution is 7.30. The molecular weight excluding hydrogens is 1130 g/mol. The van der Waals surface area contributed by atoms with Crippen LogP contribution in [0.2, 0.25) is 0 Å². The second-order valence-electron chi connectivity index (χ2n) is 19.1. The summed E-state index contributed by atoms with van der Waals surface area (Å²) in [6, 6.07) is 62.2. The van der Waals surface area contributed by atoms with Crippen LogP contribution in [0.25, 0.3) is 89.2 Å². The van der Waals surface area contributed by atoms with Crippen LogP contribution >= 0.6 is 113 Å². The Kier molecular flexibility index (Phi) is 18.3. The predicted molar refractivity (Wildman–Crippen MR) is 352 cm³/mol. The van der Waals surface area contributed by atoms with Crippen LogP contribution in [-0.4, -0.2) is 0 Å². The van der Waals surface area contributed by atoms with E-state index in [1.165, 1.54) is 173 Å². The summed E-state index contributed by atoms with van der Waals surface area (Å²) < 4.78 is 6.17. The van der Waals surface area contributed by atoms with E-state index < -0.39 is 0 Å². The molecule has 0 saturated heterocycles. The van der Waals surface area contributed by atoms with Crippen LogP contribution in [0.5, 0.6) is 11.5 Å². The van der Waals surface area contributed by atoms with Crippen LogP contribution in [0.1, 0.15) is 84.7 Å². The minimum absolute atomic E-state index is 0.844. The third-order valence-corrected chi connectivity index (χ3v) is 25.5. The van der Waals surface area contributed by atoms with Crippen molar-refractivity contribution in [1.29, 1.82) is 0 Å². The Morgan fingerprint density at radius 1 is 0.247 bits per heavy atom. The minimum Gasteiger partial charge on any atom is -0.457 e. The Hall–Kier alpha value is -4.76. The lowest BCUT2D eigenvalue weighted by molar-refractivity contribution is 0.483. The van der Waals surface area contributed by atoms with Crippen LogP contribution in [0, 0.1) is 13.8 Å². The zero-order chi connectivity index (χ0) is 52.5. The van der Waals surface area contributed by atoms with Crippen molar-refractivity contribution in [2.45, 2.75) is 91.9 Å². The Morgan fingerprint density at radius 3 is 0.831 bits per heavy atom. The fourth-order valence-corrected chi connectivity index (χ4v) is 19.6. The largest absolute Gasteiger partial charge is 0.457 e. The van der Waals surface area contributed by atoms with Gasteiger partial charge in [-0.2, -0.15) is 0 Å². The molecule has 1 nitrogen and oxygen atoms in total. The van der Waals surface area contributed by atoms with Gasteiger partial charge >= 0.3 is 0 Å². The Morgan fingerprint density at radius 2 is 0.506 bits per heavy atom. The molecule has 10 aromatic heterocycles. The fourth-order valence-electron chi connectivity index (χ4n) is 9.05. The number of benzene rings is 2. The lowest BCUT2D eigenvalue weighted by atomic mass is 10.1. The normalized spacial score (nSPS) is 11.4. The van der Waals surface area contributed by atoms with Gasteiger partial charge < -0.3 is 4.74 Å². The van der Waals surface area contributed by atoms with Crippen LogP contribution in [0.15, 0.2) is 170 Å². The predicted octanol–water partition coefficient (Wildman–Crippen LogP) is 25.6. The molecule has 12 aromatic rings. The Bertz CT molecular complexity index is 3750. The molecule has 2 aromatic carbocycles. The summed E-state index contributed by atoms with van der Waals surface area (Å²) in [5.41, 5.74) is 2.43. The van der Waals surface area contributed by atoms with Gasteiger partial charge in [0.2, 0.25) is 0 Å². The SMILES string of the molecule is CCCCCCc1ccc(-c2ccc(-c3ccc(-c4ccc(-c5ccc(-c6ccc(Oc7ccc(-c8ccc(C)s8)cc7)cc6)s5)s4)s3)s2)s1.CCCCCCc1ccc(-c2ccc(-c3ccc(-c4ccc(C)s4)s3)s2)s1. The zero-order valence-corrected chi connectivity index (χ0v) is 51.9. The molecule has 0 fully saturated rings. The second-order valence-corrected chi connectivity index (χ2v) is 30.5. The van der Waals surface area contributed by atoms with Gasteiger partial charge in [-0.25, -0.2) is 0 Å². The van der Waals surface area contributed by atoms with Gasteiger partial charge in [0.1, 0.15) is 11.5 Å². The molecule has 77 heavy (non-hydrogen) atoms. The molecule has 0 radical (unpaired) electrons. The number of hydrogen-bond acceptors (Lipinski definition) is 11. The van der Waals surface area contributed by atoms with Crippen LogP contribution in [0.4, 0.5) is 0 Å². The third-order valence-electron chi connectivity index (χ3n) is 13.2. The quantitative estimate of drug-likeness (QED) is 0.0652. The highest BCUT2D eigenvalue weighted by Gasteiger charge is 2.16. The standard InChI is InChI=1S/C43H36OS6.C23H24S4/c1-3-4-5-6-7-33-17-19-36(46-33)37-22-23-40(48-37)41-26-27-43(50-41)42-25-24-39(49-42)38-21-20-35(47-38)30-11-15-32(16-12-30)44-31-13-9-29(10-14-31)34-18-8-28(2)45-34;1-3-4-5-6-7-17-9-11-19(25-17)21-13-15-23(27-21)22-14-12-20(26-22)18-10-8-16(2)24-18/h8-27H,3-7H2,1-2H3;8-15H,3-7H2,1-2H3. The molecule has 0 bridgehead atoms. The highest BCUT2D eigenvalue weighted by atomic mass is 32.1. The highest BCUT2D eigenvalue weighted by Crippen LogP contribution is 2.47. The lowest BCUT2D eigenvalue weighted by Crippen LogP contribution is -1.84. The summed E-state index contributed by atoms with van der Waals surface area (Å²) in [5.74, 6) is 1.69. The van der Waals surface area contributed by atoms with Crippen molar-refractivity contribution < 1.29 is 4.74 Å². The molecule has 0 atom stereocenters. The average molecular weight is 1190 g/mol. The van der Waals surface area contributed by atoms with E-state index in [0.717, 1.165) is 11.5 Å². The van der Waals surface area contributed by atoms with Gasteiger partial charge in [-0.05, 0) is 221 Å². The van der Waals surface area contributed by atoms with Gasteiger partial charge in [0, 0.05) is 97.5 Å². The van der Waals surface area contributed by atoms with Gasteiger partial charge in [-0.15, -0.1) is 113 Å². The van der Waals surface area contributed by atoms with E-state index in [1.54, 1.807) is 0 Å². The first-order valence-corrected chi connectivity index (χ1v) is 34.8. The van der Waals surface area contributed by atoms with Gasteiger partial charge in [0.15, 0.2) is 0 Å². The molecule has 0 aliphatic heterocycles. The maximum absolute atomic E-state index is 6.17. The number of ether oxygens (including phenoxy) is 1. The molecule has 0 N–H and O–H groups in total. The van der Waals surface area contributed by atoms with E-state index in [0.29, 0.717) is 0 Å². The monoisotopic (exact) mass is 1190 g/mol. The summed E-state index contributed by atoms with van der Waals surface area (Å²) in [6.45, 7) is 8.87. The third kappa shape index (κ3) is 13.8. The molecule has 390 valence electrons. The zero-order valence-electron chi connectivity index (χ0n) is 43.7. The van der Waals surface area contributed by atoms with E-state index in [2.05, 4.69) is 185 Å². The van der Waals surface area contributed by atoms with Crippen molar-refractivity contribution in [2.75, 3.05) is 0 Å². The van der Waals surface area contributed by atoms with E-state index >= 15 is 0 Å². The fraction of sp³-hybridized carbons (Fsp3) is 0.212. The van der Waals surface area contributed by atoms with Crippen molar-refractivity contribution in [2.24, 2.45) is 0 Å². The van der Waals surface area contributed by atoms with Crippen molar-refractivity contribution in [3.05, 3.63) is 189 Å². The first kappa shape index (κ1) is 54.2. The maximum atomic E-state index is 6.17. The molecule has 0 spiro atoms. The van der Waals surface area contributed by atoms with Crippen molar-refractivity contribution in [3.63, 3.8) is 0 Å². The number of hydrogen-bond donors (Lipinski definition) is 0. The van der Waals surface area contributed by atoms with E-state index in [4.69, 9.17) is 4.74 Å². The molecular formula is C66H60OS10. The molecule has 12 rings (SSSR count). The van der Waals surface area contributed by atoms with E-state index in [-0.39, 0.29) is 0 Å². The number of aryl methyl sites for hydroxylation is 4. The van der Waals surface area contributed by atoms with Crippen molar-refractivity contribution >= 4 is 113 Å². The number of rotatable bonds is 21. The van der Waals surface area contributed by atoms with Crippen LogP contribution < -0.4 is 4.74 Å². The molecule has 10 heterocycles. The molecule has 0 aliphatic carbocycles. The molecule has 11 heteroatoms. The summed E-state index contributed by atoms with van der Waals surface area (Å²) in [7, 11) is 0. The van der Waals surface area contributed by atoms with Crippen molar-refractivity contribution in [3.8, 4) is 101 Å². The van der Waals surface area contributed by atoms with E-state index in [9.17, 15) is 0 Å². The smallest absolute Gasteiger partial charge is 0.127 e. The van der Waals surface area contributed by atoms with Crippen LogP contribution in [0.3, 0.4) is 0 Å². The summed E-state index contributed by atoms with van der Waals surface area (Å²) in [6.07, 6.45) is 13.1. The second kappa shape index (κ2) is 26.0. The Balaban J connectivity index is 0.000000197. The maximum Gasteiger partial charge on any atom is 0.127 e. The minimum atomic E-state index is 0.844. The van der Waals surface area contributed by atoms with Crippen molar-refractivity contribution in [1.82, 2.24) is 0 Å². The van der Waals surface area contributed by atoms with Crippen LogP contribution in [-0.2, 0) is 12.8 Å². The molecule has 0 unspecified atom stereocenters. The summed E-state index contributed by atoms with van der Waals surface area (Å²) >= 11 is 19.0. The molecule has 0 aliphatic rings. The summed E-state index contributed by atoms with van der Waals surface area (Å²) in [4.78, 5) is 27.4. The van der Waals surface area contributed by atoms with E-state index in [1.807, 2.05) is 126 Å². The lowest BCUT2D eigenvalue weighted by Gasteiger charge is -2.07. The first-order chi connectivity index (χ1) is 37.8. The summed E-state index contributed by atoms with van der Waals surface area (Å²) in [5, 5.41) is 0. The number of unbranched alkanes of at least 4 members (excludes halogenated alkanes) is 6. The molecule has 0 saturated carbocycles. The first-order valence-electron chi connectivity index (χ1n) is 26.6. The topological polar surface area (TPSA) is 9.23 Å². The Labute approximate surface area is 495 Å². The van der Waals surface area contributed by atoms with Gasteiger partial charge in [-0.3, -0.25) is 0 Å². The van der Waals surface area contributed by atoms with Gasteiger partial charge in [-0.1, -0.05) is 52.4 Å². The van der Waals surface area contributed by atoms with Gasteiger partial charge in [0.05, 0.1) is 0 Å². The van der Waals surface area contributed by atoms with Gasteiger partial charge in [0.25, 0.3) is 0 Å². The number of thiophene rings is 10.